The Morgan fingerprint density at radius 2 is 2.27 bits per heavy atom. The minimum absolute atomic E-state index is 0.000420. The van der Waals surface area contributed by atoms with Crippen molar-refractivity contribution in [2.75, 3.05) is 0 Å². The summed E-state index contributed by atoms with van der Waals surface area (Å²) in [4.78, 5) is 22.5. The summed E-state index contributed by atoms with van der Waals surface area (Å²) in [7, 11) is 0. The lowest BCUT2D eigenvalue weighted by Gasteiger charge is -2.06. The Kier molecular flexibility index (Phi) is 2.52. The molecule has 5 heteroatoms. The Bertz CT molecular complexity index is 462. The van der Waals surface area contributed by atoms with Crippen LogP contribution in [0.2, 0.25) is 5.02 Å². The molecular weight excluding hydrogens is 218 g/mol. The monoisotopic (exact) mass is 227 g/mol. The maximum Gasteiger partial charge on any atom is 0.342 e. The summed E-state index contributed by atoms with van der Waals surface area (Å²) in [5.41, 5.74) is -0.846. The van der Waals surface area contributed by atoms with Crippen LogP contribution in [0.1, 0.15) is 23.2 Å². The van der Waals surface area contributed by atoms with Gasteiger partial charge in [-0.25, -0.2) is 4.79 Å². The Hall–Kier alpha value is -1.29. The molecule has 0 radical (unpaired) electrons. The lowest BCUT2D eigenvalue weighted by Crippen LogP contribution is -2.26. The third-order valence-electron chi connectivity index (χ3n) is 2.48. The highest BCUT2D eigenvalue weighted by molar-refractivity contribution is 6.33. The summed E-state index contributed by atoms with van der Waals surface area (Å²) in [6, 6.07) is 1.45. The summed E-state index contributed by atoms with van der Waals surface area (Å²) < 4.78 is 1.42. The zero-order chi connectivity index (χ0) is 11.0. The number of pyridine rings is 1. The highest BCUT2D eigenvalue weighted by atomic mass is 35.5. The first-order valence-electron chi connectivity index (χ1n) is 4.72. The van der Waals surface area contributed by atoms with E-state index >= 15 is 0 Å². The number of nitrogens with zero attached hydrogens (tertiary/aromatic N) is 1. The number of carbonyl (C=O) groups is 1. The van der Waals surface area contributed by atoms with Gasteiger partial charge in [0.25, 0.3) is 5.56 Å². The minimum atomic E-state index is -1.27. The lowest BCUT2D eigenvalue weighted by atomic mass is 10.2. The second kappa shape index (κ2) is 3.70. The smallest absolute Gasteiger partial charge is 0.342 e. The van der Waals surface area contributed by atoms with Gasteiger partial charge in [-0.2, -0.15) is 0 Å². The van der Waals surface area contributed by atoms with Gasteiger partial charge in [-0.15, -0.1) is 0 Å². The van der Waals surface area contributed by atoms with Crippen LogP contribution in [0.25, 0.3) is 0 Å². The standard InChI is InChI=1S/C10H10ClNO3/c11-7-3-4-12(5-6-1-2-6)9(13)8(7)10(14)15/h3-4,6H,1-2,5H2,(H,14,15). The molecule has 4 nitrogen and oxygen atoms in total. The average Bonchev–Trinajstić information content (AvgIpc) is 2.93. The van der Waals surface area contributed by atoms with Crippen molar-refractivity contribution in [3.63, 3.8) is 0 Å². The van der Waals surface area contributed by atoms with E-state index < -0.39 is 11.5 Å². The lowest BCUT2D eigenvalue weighted by molar-refractivity contribution is 0.0694. The molecule has 0 saturated heterocycles. The molecule has 0 bridgehead atoms. The highest BCUT2D eigenvalue weighted by Gasteiger charge is 2.23. The molecule has 1 heterocycles. The Balaban J connectivity index is 2.44. The molecular formula is C10H10ClNO3. The van der Waals surface area contributed by atoms with Crippen molar-refractivity contribution < 1.29 is 9.90 Å². The van der Waals surface area contributed by atoms with E-state index in [-0.39, 0.29) is 10.6 Å². The van der Waals surface area contributed by atoms with Crippen LogP contribution in [0.4, 0.5) is 0 Å². The van der Waals surface area contributed by atoms with E-state index in [2.05, 4.69) is 0 Å². The topological polar surface area (TPSA) is 59.3 Å². The summed E-state index contributed by atoms with van der Waals surface area (Å²) in [5, 5.41) is 8.82. The van der Waals surface area contributed by atoms with Crippen LogP contribution in [0.3, 0.4) is 0 Å². The maximum atomic E-state index is 11.7. The minimum Gasteiger partial charge on any atom is -0.477 e. The molecule has 0 atom stereocenters. The van der Waals surface area contributed by atoms with Crippen LogP contribution in [-0.4, -0.2) is 15.6 Å². The number of hydrogen-bond donors (Lipinski definition) is 1. The molecule has 0 spiro atoms. The molecule has 1 fully saturated rings. The number of aromatic nitrogens is 1. The Labute approximate surface area is 91.1 Å². The summed E-state index contributed by atoms with van der Waals surface area (Å²) in [6.07, 6.45) is 3.77. The fourth-order valence-electron chi connectivity index (χ4n) is 1.47. The molecule has 1 aliphatic carbocycles. The molecule has 1 aromatic heterocycles. The number of carboxylic acids is 1. The van der Waals surface area contributed by atoms with Gasteiger partial charge >= 0.3 is 5.97 Å². The molecule has 0 unspecified atom stereocenters. The van der Waals surface area contributed by atoms with Crippen LogP contribution < -0.4 is 5.56 Å². The Morgan fingerprint density at radius 3 is 2.80 bits per heavy atom. The predicted octanol–water partition coefficient (Wildman–Crippen LogP) is 1.61. The molecule has 1 aliphatic rings. The number of halogens is 1. The zero-order valence-corrected chi connectivity index (χ0v) is 8.70. The summed E-state index contributed by atoms with van der Waals surface area (Å²) in [5.74, 6) is -0.749. The van der Waals surface area contributed by atoms with Gasteiger partial charge in [0.15, 0.2) is 0 Å². The second-order valence-corrected chi connectivity index (χ2v) is 4.15. The summed E-state index contributed by atoms with van der Waals surface area (Å²) in [6.45, 7) is 0.594. The number of hydrogen-bond acceptors (Lipinski definition) is 2. The maximum absolute atomic E-state index is 11.7. The number of carboxylic acid groups (broad SMARTS) is 1. The van der Waals surface area contributed by atoms with Gasteiger partial charge in [0.05, 0.1) is 5.02 Å². The van der Waals surface area contributed by atoms with E-state index in [9.17, 15) is 9.59 Å². The molecule has 0 aliphatic heterocycles. The molecule has 2 rings (SSSR count). The molecule has 80 valence electrons. The van der Waals surface area contributed by atoms with Crippen molar-refractivity contribution in [2.24, 2.45) is 5.92 Å². The third-order valence-corrected chi connectivity index (χ3v) is 2.80. The molecule has 1 N–H and O–H groups in total. The highest BCUT2D eigenvalue weighted by Crippen LogP contribution is 2.30. The number of rotatable bonds is 3. The van der Waals surface area contributed by atoms with Crippen molar-refractivity contribution in [2.45, 2.75) is 19.4 Å². The van der Waals surface area contributed by atoms with Gasteiger partial charge in [0, 0.05) is 12.7 Å². The Morgan fingerprint density at radius 1 is 1.60 bits per heavy atom. The SMILES string of the molecule is O=C(O)c1c(Cl)ccn(CC2CC2)c1=O. The zero-order valence-electron chi connectivity index (χ0n) is 7.94. The van der Waals surface area contributed by atoms with E-state index in [1.807, 2.05) is 0 Å². The summed E-state index contributed by atoms with van der Waals surface area (Å²) >= 11 is 5.65. The first-order chi connectivity index (χ1) is 7.09. The van der Waals surface area contributed by atoms with Gasteiger partial charge in [-0.1, -0.05) is 11.6 Å². The molecule has 1 saturated carbocycles. The van der Waals surface area contributed by atoms with E-state index in [0.717, 1.165) is 12.8 Å². The first kappa shape index (κ1) is 10.2. The van der Waals surface area contributed by atoms with E-state index in [0.29, 0.717) is 12.5 Å². The molecule has 15 heavy (non-hydrogen) atoms. The molecule has 0 aromatic carbocycles. The number of aromatic carboxylic acids is 1. The average molecular weight is 228 g/mol. The van der Waals surface area contributed by atoms with E-state index in [1.54, 1.807) is 6.20 Å². The fraction of sp³-hybridized carbons (Fsp3) is 0.400. The van der Waals surface area contributed by atoms with Crippen molar-refractivity contribution >= 4 is 17.6 Å². The van der Waals surface area contributed by atoms with E-state index in [1.165, 1.54) is 10.6 Å². The van der Waals surface area contributed by atoms with Gasteiger partial charge in [-0.3, -0.25) is 4.79 Å². The quantitative estimate of drug-likeness (QED) is 0.854. The molecule has 1 aromatic rings. The van der Waals surface area contributed by atoms with Gasteiger partial charge in [-0.05, 0) is 24.8 Å². The van der Waals surface area contributed by atoms with Crippen molar-refractivity contribution in [1.82, 2.24) is 4.57 Å². The predicted molar refractivity (Wildman–Crippen MR) is 55.4 cm³/mol. The molecule has 0 amide bonds. The normalized spacial score (nSPS) is 15.3. The van der Waals surface area contributed by atoms with Crippen LogP contribution in [0.5, 0.6) is 0 Å². The van der Waals surface area contributed by atoms with Crippen molar-refractivity contribution in [3.8, 4) is 0 Å². The largest absolute Gasteiger partial charge is 0.477 e. The second-order valence-electron chi connectivity index (χ2n) is 3.74. The van der Waals surface area contributed by atoms with Crippen molar-refractivity contribution in [3.05, 3.63) is 33.2 Å². The first-order valence-corrected chi connectivity index (χ1v) is 5.09. The van der Waals surface area contributed by atoms with Crippen LogP contribution in [0.15, 0.2) is 17.1 Å². The third kappa shape index (κ3) is 2.04. The van der Waals surface area contributed by atoms with Crippen LogP contribution in [-0.2, 0) is 6.54 Å². The van der Waals surface area contributed by atoms with Crippen LogP contribution >= 0.6 is 11.6 Å². The van der Waals surface area contributed by atoms with E-state index in [4.69, 9.17) is 16.7 Å². The van der Waals surface area contributed by atoms with Gasteiger partial charge in [0.2, 0.25) is 0 Å². The van der Waals surface area contributed by atoms with Crippen molar-refractivity contribution in [1.29, 1.82) is 0 Å². The van der Waals surface area contributed by atoms with Gasteiger partial charge < -0.3 is 9.67 Å². The van der Waals surface area contributed by atoms with Crippen LogP contribution in [0, 0.1) is 5.92 Å². The van der Waals surface area contributed by atoms with Gasteiger partial charge in [0.1, 0.15) is 5.56 Å². The fourth-order valence-corrected chi connectivity index (χ4v) is 1.69.